The van der Waals surface area contributed by atoms with Crippen LogP contribution in [0, 0.1) is 5.92 Å². The third kappa shape index (κ3) is 2.11. The molecule has 0 spiro atoms. The van der Waals surface area contributed by atoms with Crippen LogP contribution in [0.15, 0.2) is 30.3 Å². The largest absolute Gasteiger partial charge is 0.336 e. The molecule has 2 heteroatoms. The Morgan fingerprint density at radius 3 is 2.62 bits per heavy atom. The fourth-order valence-corrected chi connectivity index (χ4v) is 2.37. The van der Waals surface area contributed by atoms with Gasteiger partial charge in [-0.25, -0.2) is 0 Å². The maximum Gasteiger partial charge on any atom is 0.223 e. The van der Waals surface area contributed by atoms with E-state index in [1.807, 2.05) is 23.1 Å². The summed E-state index contributed by atoms with van der Waals surface area (Å²) in [6, 6.07) is 10.5. The standard InChI is InChI=1S/C14H19NO/c1-3-12-9-14(16)15(10-12)11(2)13-7-5-4-6-8-13/h4-8,11-12H,3,9-10H2,1-2H3/t11-,12-/m0/s1. The van der Waals surface area contributed by atoms with E-state index in [2.05, 4.69) is 26.0 Å². The summed E-state index contributed by atoms with van der Waals surface area (Å²) in [4.78, 5) is 13.9. The quantitative estimate of drug-likeness (QED) is 0.762. The van der Waals surface area contributed by atoms with Crippen LogP contribution in [-0.4, -0.2) is 17.4 Å². The van der Waals surface area contributed by atoms with Crippen molar-refractivity contribution >= 4 is 5.91 Å². The van der Waals surface area contributed by atoms with Gasteiger partial charge < -0.3 is 4.90 Å². The molecule has 1 heterocycles. The Labute approximate surface area is 97.3 Å². The molecule has 0 aromatic heterocycles. The molecule has 1 saturated heterocycles. The molecule has 86 valence electrons. The summed E-state index contributed by atoms with van der Waals surface area (Å²) in [7, 11) is 0. The molecule has 0 radical (unpaired) electrons. The van der Waals surface area contributed by atoms with Crippen molar-refractivity contribution in [3.8, 4) is 0 Å². The highest BCUT2D eigenvalue weighted by atomic mass is 16.2. The van der Waals surface area contributed by atoms with Crippen molar-refractivity contribution in [2.24, 2.45) is 5.92 Å². The predicted molar refractivity (Wildman–Crippen MR) is 65.0 cm³/mol. The molecule has 16 heavy (non-hydrogen) atoms. The van der Waals surface area contributed by atoms with Gasteiger partial charge in [0, 0.05) is 13.0 Å². The third-order valence-electron chi connectivity index (χ3n) is 3.57. The van der Waals surface area contributed by atoms with Gasteiger partial charge in [-0.15, -0.1) is 0 Å². The van der Waals surface area contributed by atoms with Crippen molar-refractivity contribution in [2.45, 2.75) is 32.7 Å². The van der Waals surface area contributed by atoms with Gasteiger partial charge in [-0.1, -0.05) is 43.7 Å². The van der Waals surface area contributed by atoms with E-state index in [0.29, 0.717) is 11.8 Å². The second-order valence-electron chi connectivity index (χ2n) is 4.61. The van der Waals surface area contributed by atoms with Gasteiger partial charge in [0.2, 0.25) is 5.91 Å². The summed E-state index contributed by atoms with van der Waals surface area (Å²) in [6.45, 7) is 5.20. The summed E-state index contributed by atoms with van der Waals surface area (Å²) in [5.41, 5.74) is 1.23. The van der Waals surface area contributed by atoms with Gasteiger partial charge in [0.15, 0.2) is 0 Å². The van der Waals surface area contributed by atoms with Gasteiger partial charge >= 0.3 is 0 Å². The zero-order chi connectivity index (χ0) is 11.5. The zero-order valence-electron chi connectivity index (χ0n) is 10.0. The van der Waals surface area contributed by atoms with E-state index in [0.717, 1.165) is 19.4 Å². The summed E-state index contributed by atoms with van der Waals surface area (Å²) in [6.07, 6.45) is 1.83. The molecule has 2 rings (SSSR count). The number of nitrogens with zero attached hydrogens (tertiary/aromatic N) is 1. The second-order valence-corrected chi connectivity index (χ2v) is 4.61. The van der Waals surface area contributed by atoms with Crippen molar-refractivity contribution < 1.29 is 4.79 Å². The first-order valence-corrected chi connectivity index (χ1v) is 6.06. The van der Waals surface area contributed by atoms with E-state index in [1.54, 1.807) is 0 Å². The lowest BCUT2D eigenvalue weighted by Crippen LogP contribution is -2.28. The highest BCUT2D eigenvalue weighted by Gasteiger charge is 2.31. The van der Waals surface area contributed by atoms with Crippen LogP contribution in [0.3, 0.4) is 0 Å². The first kappa shape index (κ1) is 11.2. The minimum Gasteiger partial charge on any atom is -0.336 e. The average Bonchev–Trinajstić information content (AvgIpc) is 2.71. The summed E-state index contributed by atoms with van der Waals surface area (Å²) in [5, 5.41) is 0. The van der Waals surface area contributed by atoms with Crippen molar-refractivity contribution in [1.29, 1.82) is 0 Å². The number of rotatable bonds is 3. The van der Waals surface area contributed by atoms with E-state index in [1.165, 1.54) is 5.56 Å². The minimum absolute atomic E-state index is 0.213. The molecule has 1 aromatic carbocycles. The molecular formula is C14H19NO. The summed E-state index contributed by atoms with van der Waals surface area (Å²) < 4.78 is 0. The van der Waals surface area contributed by atoms with Crippen LogP contribution >= 0.6 is 0 Å². The summed E-state index contributed by atoms with van der Waals surface area (Å²) in [5.74, 6) is 0.863. The van der Waals surface area contributed by atoms with Crippen molar-refractivity contribution in [3.05, 3.63) is 35.9 Å². The first-order valence-electron chi connectivity index (χ1n) is 6.06. The van der Waals surface area contributed by atoms with Crippen LogP contribution in [0.5, 0.6) is 0 Å². The van der Waals surface area contributed by atoms with Gasteiger partial charge in [-0.05, 0) is 18.4 Å². The van der Waals surface area contributed by atoms with E-state index in [-0.39, 0.29) is 6.04 Å². The topological polar surface area (TPSA) is 20.3 Å². The molecule has 1 aliphatic rings. The Morgan fingerprint density at radius 2 is 2.06 bits per heavy atom. The van der Waals surface area contributed by atoms with E-state index in [4.69, 9.17) is 0 Å². The number of hydrogen-bond donors (Lipinski definition) is 0. The number of likely N-dealkylation sites (tertiary alicyclic amines) is 1. The van der Waals surface area contributed by atoms with Gasteiger partial charge in [-0.2, -0.15) is 0 Å². The molecule has 2 atom stereocenters. The second kappa shape index (κ2) is 4.69. The minimum atomic E-state index is 0.213. The molecule has 1 amide bonds. The first-order chi connectivity index (χ1) is 7.72. The van der Waals surface area contributed by atoms with Crippen LogP contribution < -0.4 is 0 Å². The lowest BCUT2D eigenvalue weighted by Gasteiger charge is -2.25. The lowest BCUT2D eigenvalue weighted by molar-refractivity contribution is -0.129. The Morgan fingerprint density at radius 1 is 1.38 bits per heavy atom. The number of amides is 1. The number of carbonyl (C=O) groups is 1. The normalized spacial score (nSPS) is 22.5. The Kier molecular flexibility index (Phi) is 3.28. The molecule has 1 aliphatic heterocycles. The zero-order valence-corrected chi connectivity index (χ0v) is 10.0. The average molecular weight is 217 g/mol. The molecule has 2 nitrogen and oxygen atoms in total. The maximum atomic E-state index is 11.9. The van der Waals surface area contributed by atoms with Gasteiger partial charge in [-0.3, -0.25) is 4.79 Å². The Hall–Kier alpha value is -1.31. The monoisotopic (exact) mass is 217 g/mol. The molecular weight excluding hydrogens is 198 g/mol. The van der Waals surface area contributed by atoms with E-state index in [9.17, 15) is 4.79 Å². The van der Waals surface area contributed by atoms with Crippen LogP contribution in [0.1, 0.15) is 38.3 Å². The number of carbonyl (C=O) groups excluding carboxylic acids is 1. The van der Waals surface area contributed by atoms with Crippen molar-refractivity contribution in [2.75, 3.05) is 6.54 Å². The van der Waals surface area contributed by atoms with Crippen molar-refractivity contribution in [1.82, 2.24) is 4.90 Å². The molecule has 1 fully saturated rings. The molecule has 0 aliphatic carbocycles. The van der Waals surface area contributed by atoms with E-state index < -0.39 is 0 Å². The van der Waals surface area contributed by atoms with Crippen LogP contribution in [0.2, 0.25) is 0 Å². The molecule has 0 saturated carbocycles. The van der Waals surface area contributed by atoms with E-state index >= 15 is 0 Å². The Bertz CT molecular complexity index is 360. The lowest BCUT2D eigenvalue weighted by atomic mass is 10.1. The Balaban J connectivity index is 2.11. The predicted octanol–water partition coefficient (Wildman–Crippen LogP) is 3.01. The molecule has 0 unspecified atom stereocenters. The van der Waals surface area contributed by atoms with Crippen LogP contribution in [-0.2, 0) is 4.79 Å². The van der Waals surface area contributed by atoms with Gasteiger partial charge in [0.05, 0.1) is 6.04 Å². The molecule has 0 bridgehead atoms. The SMILES string of the molecule is CC[C@H]1CC(=O)N([C@@H](C)c2ccccc2)C1. The van der Waals surface area contributed by atoms with Gasteiger partial charge in [0.25, 0.3) is 0 Å². The van der Waals surface area contributed by atoms with Crippen molar-refractivity contribution in [3.63, 3.8) is 0 Å². The summed E-state index contributed by atoms with van der Waals surface area (Å²) >= 11 is 0. The number of hydrogen-bond acceptors (Lipinski definition) is 1. The maximum absolute atomic E-state index is 11.9. The third-order valence-corrected chi connectivity index (χ3v) is 3.57. The molecule has 0 N–H and O–H groups in total. The highest BCUT2D eigenvalue weighted by Crippen LogP contribution is 2.29. The van der Waals surface area contributed by atoms with Crippen LogP contribution in [0.25, 0.3) is 0 Å². The molecule has 1 aromatic rings. The number of benzene rings is 1. The fraction of sp³-hybridized carbons (Fsp3) is 0.500. The smallest absolute Gasteiger partial charge is 0.223 e. The van der Waals surface area contributed by atoms with Crippen LogP contribution in [0.4, 0.5) is 0 Å². The highest BCUT2D eigenvalue weighted by molar-refractivity contribution is 5.79. The van der Waals surface area contributed by atoms with Gasteiger partial charge in [0.1, 0.15) is 0 Å². The fourth-order valence-electron chi connectivity index (χ4n) is 2.37.